The molecule has 0 aliphatic carbocycles. The number of hydrogen-bond acceptors (Lipinski definition) is 3. The lowest BCUT2D eigenvalue weighted by molar-refractivity contribution is -0.138. The summed E-state index contributed by atoms with van der Waals surface area (Å²) in [7, 11) is 0. The molecule has 0 fully saturated rings. The van der Waals surface area contributed by atoms with Crippen LogP contribution in [-0.4, -0.2) is 26.8 Å². The maximum absolute atomic E-state index is 11.7. The van der Waals surface area contributed by atoms with Gasteiger partial charge in [-0.3, -0.25) is 14.3 Å². The Balaban J connectivity index is 2.06. The Bertz CT molecular complexity index is 740. The molecule has 0 spiro atoms. The molecular formula is C16H18BrN3O3. The van der Waals surface area contributed by atoms with Crippen LogP contribution in [0.3, 0.4) is 0 Å². The number of anilines is 1. The van der Waals surface area contributed by atoms with E-state index in [4.69, 9.17) is 5.11 Å². The maximum Gasteiger partial charge on any atom is 0.303 e. The molecule has 0 atom stereocenters. The van der Waals surface area contributed by atoms with E-state index in [-0.39, 0.29) is 18.7 Å². The van der Waals surface area contributed by atoms with E-state index in [1.54, 1.807) is 6.07 Å². The van der Waals surface area contributed by atoms with Gasteiger partial charge in [0.25, 0.3) is 0 Å². The lowest BCUT2D eigenvalue weighted by Crippen LogP contribution is -2.13. The molecule has 0 unspecified atom stereocenters. The highest BCUT2D eigenvalue weighted by molar-refractivity contribution is 9.10. The average molecular weight is 380 g/mol. The summed E-state index contributed by atoms with van der Waals surface area (Å²) in [5, 5.41) is 15.8. The smallest absolute Gasteiger partial charge is 0.303 e. The van der Waals surface area contributed by atoms with Crippen molar-refractivity contribution < 1.29 is 14.7 Å². The van der Waals surface area contributed by atoms with Crippen molar-refractivity contribution in [3.8, 4) is 0 Å². The SMILES string of the molecule is Cc1nn(Cc2cccc(NC(=O)CCC(=O)O)c2)c(C)c1Br. The number of amides is 1. The molecule has 1 aromatic heterocycles. The molecule has 2 N–H and O–H groups in total. The number of rotatable bonds is 6. The van der Waals surface area contributed by atoms with Crippen LogP contribution in [0.4, 0.5) is 5.69 Å². The highest BCUT2D eigenvalue weighted by Crippen LogP contribution is 2.21. The van der Waals surface area contributed by atoms with Gasteiger partial charge in [0.2, 0.25) is 5.91 Å². The normalized spacial score (nSPS) is 10.6. The van der Waals surface area contributed by atoms with Crippen LogP contribution >= 0.6 is 15.9 Å². The van der Waals surface area contributed by atoms with E-state index < -0.39 is 5.97 Å². The molecule has 122 valence electrons. The minimum atomic E-state index is -0.982. The summed E-state index contributed by atoms with van der Waals surface area (Å²) in [5.41, 5.74) is 3.62. The number of aromatic nitrogens is 2. The van der Waals surface area contributed by atoms with Crippen molar-refractivity contribution in [2.75, 3.05) is 5.32 Å². The molecule has 6 nitrogen and oxygen atoms in total. The third kappa shape index (κ3) is 4.66. The van der Waals surface area contributed by atoms with E-state index in [0.29, 0.717) is 12.2 Å². The number of nitrogens with zero attached hydrogens (tertiary/aromatic N) is 2. The van der Waals surface area contributed by atoms with Gasteiger partial charge in [-0.05, 0) is 47.5 Å². The Morgan fingerprint density at radius 2 is 2.04 bits per heavy atom. The summed E-state index contributed by atoms with van der Waals surface area (Å²) in [4.78, 5) is 22.2. The van der Waals surface area contributed by atoms with Gasteiger partial charge in [0.15, 0.2) is 0 Å². The zero-order valence-electron chi connectivity index (χ0n) is 13.0. The number of aliphatic carboxylic acids is 1. The van der Waals surface area contributed by atoms with E-state index in [0.717, 1.165) is 21.4 Å². The molecule has 2 aromatic rings. The minimum absolute atomic E-state index is 0.0377. The highest BCUT2D eigenvalue weighted by atomic mass is 79.9. The first-order chi connectivity index (χ1) is 10.9. The van der Waals surface area contributed by atoms with Crippen molar-refractivity contribution in [2.24, 2.45) is 0 Å². The molecule has 7 heteroatoms. The minimum Gasteiger partial charge on any atom is -0.481 e. The fraction of sp³-hybridized carbons (Fsp3) is 0.312. The van der Waals surface area contributed by atoms with Crippen LogP contribution in [0.2, 0.25) is 0 Å². The van der Waals surface area contributed by atoms with E-state index in [1.165, 1.54) is 0 Å². The lowest BCUT2D eigenvalue weighted by Gasteiger charge is -2.08. The van der Waals surface area contributed by atoms with Crippen LogP contribution < -0.4 is 5.32 Å². The van der Waals surface area contributed by atoms with E-state index in [1.807, 2.05) is 36.7 Å². The summed E-state index contributed by atoms with van der Waals surface area (Å²) >= 11 is 3.50. The van der Waals surface area contributed by atoms with Crippen molar-refractivity contribution in [3.05, 3.63) is 45.7 Å². The van der Waals surface area contributed by atoms with E-state index >= 15 is 0 Å². The van der Waals surface area contributed by atoms with Crippen LogP contribution in [-0.2, 0) is 16.1 Å². The van der Waals surface area contributed by atoms with Crippen molar-refractivity contribution in [1.82, 2.24) is 9.78 Å². The van der Waals surface area contributed by atoms with Crippen molar-refractivity contribution in [2.45, 2.75) is 33.2 Å². The third-order valence-electron chi connectivity index (χ3n) is 3.40. The molecule has 0 bridgehead atoms. The maximum atomic E-state index is 11.7. The molecule has 0 aliphatic heterocycles. The number of benzene rings is 1. The highest BCUT2D eigenvalue weighted by Gasteiger charge is 2.10. The van der Waals surface area contributed by atoms with Gasteiger partial charge in [-0.2, -0.15) is 5.10 Å². The summed E-state index contributed by atoms with van der Waals surface area (Å²) in [6, 6.07) is 7.45. The molecule has 1 heterocycles. The number of carboxylic acid groups (broad SMARTS) is 1. The van der Waals surface area contributed by atoms with Crippen LogP contribution in [0, 0.1) is 13.8 Å². The Morgan fingerprint density at radius 3 is 2.65 bits per heavy atom. The fourth-order valence-electron chi connectivity index (χ4n) is 2.19. The van der Waals surface area contributed by atoms with Crippen molar-refractivity contribution >= 4 is 33.5 Å². The van der Waals surface area contributed by atoms with Gasteiger partial charge in [-0.25, -0.2) is 0 Å². The first-order valence-electron chi connectivity index (χ1n) is 7.17. The molecule has 0 saturated heterocycles. The molecule has 0 aliphatic rings. The predicted octanol–water partition coefficient (Wildman–Crippen LogP) is 3.11. The quantitative estimate of drug-likeness (QED) is 0.807. The predicted molar refractivity (Wildman–Crippen MR) is 90.4 cm³/mol. The third-order valence-corrected chi connectivity index (χ3v) is 4.55. The largest absolute Gasteiger partial charge is 0.481 e. The number of carboxylic acids is 1. The van der Waals surface area contributed by atoms with Crippen LogP contribution in [0.5, 0.6) is 0 Å². The van der Waals surface area contributed by atoms with E-state index in [2.05, 4.69) is 26.3 Å². The topological polar surface area (TPSA) is 84.2 Å². The van der Waals surface area contributed by atoms with Crippen LogP contribution in [0.1, 0.15) is 29.8 Å². The molecule has 2 rings (SSSR count). The second-order valence-corrected chi connectivity index (χ2v) is 6.08. The number of halogens is 1. The second-order valence-electron chi connectivity index (χ2n) is 5.28. The van der Waals surface area contributed by atoms with Crippen LogP contribution in [0.25, 0.3) is 0 Å². The molecule has 1 amide bonds. The first-order valence-corrected chi connectivity index (χ1v) is 7.96. The molecule has 1 aromatic carbocycles. The number of carbonyl (C=O) groups is 2. The van der Waals surface area contributed by atoms with Gasteiger partial charge in [0, 0.05) is 12.1 Å². The summed E-state index contributed by atoms with van der Waals surface area (Å²) in [6.07, 6.45) is -0.213. The first kappa shape index (κ1) is 17.2. The molecule has 0 radical (unpaired) electrons. The second kappa shape index (κ2) is 7.41. The van der Waals surface area contributed by atoms with Crippen LogP contribution in [0.15, 0.2) is 28.7 Å². The fourth-order valence-corrected chi connectivity index (χ4v) is 2.48. The summed E-state index contributed by atoms with van der Waals surface area (Å²) in [5.74, 6) is -1.29. The molecule has 0 saturated carbocycles. The number of hydrogen-bond donors (Lipinski definition) is 2. The van der Waals surface area contributed by atoms with E-state index in [9.17, 15) is 9.59 Å². The van der Waals surface area contributed by atoms with Gasteiger partial charge < -0.3 is 10.4 Å². The Hall–Kier alpha value is -2.15. The van der Waals surface area contributed by atoms with Gasteiger partial charge in [-0.1, -0.05) is 12.1 Å². The molecule has 23 heavy (non-hydrogen) atoms. The number of aryl methyl sites for hydroxylation is 1. The van der Waals surface area contributed by atoms with Gasteiger partial charge in [-0.15, -0.1) is 0 Å². The van der Waals surface area contributed by atoms with Gasteiger partial charge in [0.1, 0.15) is 0 Å². The Labute approximate surface area is 142 Å². The average Bonchev–Trinajstić information content (AvgIpc) is 2.73. The summed E-state index contributed by atoms with van der Waals surface area (Å²) in [6.45, 7) is 4.52. The Kier molecular flexibility index (Phi) is 5.54. The number of carbonyl (C=O) groups excluding carboxylic acids is 1. The number of nitrogens with one attached hydrogen (secondary N) is 1. The van der Waals surface area contributed by atoms with Gasteiger partial charge in [0.05, 0.1) is 28.8 Å². The standard InChI is InChI=1S/C16H18BrN3O3/c1-10-16(17)11(2)20(19-10)9-12-4-3-5-13(8-12)18-14(21)6-7-15(22)23/h3-5,8H,6-7,9H2,1-2H3,(H,18,21)(H,22,23). The monoisotopic (exact) mass is 379 g/mol. The Morgan fingerprint density at radius 1 is 1.30 bits per heavy atom. The zero-order valence-corrected chi connectivity index (χ0v) is 14.6. The summed E-state index contributed by atoms with van der Waals surface area (Å²) < 4.78 is 2.89. The van der Waals surface area contributed by atoms with Gasteiger partial charge >= 0.3 is 5.97 Å². The van der Waals surface area contributed by atoms with Crippen molar-refractivity contribution in [1.29, 1.82) is 0 Å². The van der Waals surface area contributed by atoms with Crippen molar-refractivity contribution in [3.63, 3.8) is 0 Å². The molecular weight excluding hydrogens is 362 g/mol. The zero-order chi connectivity index (χ0) is 17.0. The lowest BCUT2D eigenvalue weighted by atomic mass is 10.2.